The van der Waals surface area contributed by atoms with Crippen molar-refractivity contribution in [2.24, 2.45) is 4.99 Å². The van der Waals surface area contributed by atoms with Crippen LogP contribution < -0.4 is 4.74 Å². The molecule has 0 unspecified atom stereocenters. The predicted octanol–water partition coefficient (Wildman–Crippen LogP) is 3.83. The molecule has 1 aromatic rings. The molecule has 7 heteroatoms. The van der Waals surface area contributed by atoms with E-state index in [9.17, 15) is 0 Å². The van der Waals surface area contributed by atoms with Crippen LogP contribution in [0, 0.1) is 6.92 Å². The molecule has 2 heterocycles. The summed E-state index contributed by atoms with van der Waals surface area (Å²) in [5.74, 6) is 0.277. The van der Waals surface area contributed by atoms with Crippen LogP contribution in [0.5, 0.6) is 5.88 Å². The SMILES string of the molecule is CCN(C)/C=N/c1cc(Br)c(OC2CCC3(CC2)OCCO3)nc1C. The van der Waals surface area contributed by atoms with Crippen molar-refractivity contribution in [3.05, 3.63) is 16.2 Å². The first kappa shape index (κ1) is 18.6. The Bertz CT molecular complexity index is 622. The summed E-state index contributed by atoms with van der Waals surface area (Å²) >= 11 is 3.57. The molecule has 2 fully saturated rings. The second kappa shape index (κ2) is 8.01. The summed E-state index contributed by atoms with van der Waals surface area (Å²) in [6, 6.07) is 1.96. The number of aliphatic imine (C=N–C) groups is 1. The lowest BCUT2D eigenvalue weighted by molar-refractivity contribution is -0.186. The third-order valence-electron chi connectivity index (χ3n) is 4.79. The third-order valence-corrected chi connectivity index (χ3v) is 5.35. The Morgan fingerprint density at radius 3 is 2.72 bits per heavy atom. The van der Waals surface area contributed by atoms with Gasteiger partial charge in [-0.2, -0.15) is 0 Å². The second-order valence-corrected chi connectivity index (χ2v) is 7.48. The quantitative estimate of drug-likeness (QED) is 0.544. The Morgan fingerprint density at radius 1 is 1.40 bits per heavy atom. The molecule has 1 saturated carbocycles. The van der Waals surface area contributed by atoms with Gasteiger partial charge < -0.3 is 19.1 Å². The number of pyridine rings is 1. The van der Waals surface area contributed by atoms with Crippen molar-refractivity contribution in [3.63, 3.8) is 0 Å². The van der Waals surface area contributed by atoms with E-state index in [1.807, 2.05) is 31.3 Å². The van der Waals surface area contributed by atoms with Gasteiger partial charge in [0.2, 0.25) is 5.88 Å². The Kier molecular flexibility index (Phi) is 5.96. The minimum Gasteiger partial charge on any atom is -0.474 e. The Labute approximate surface area is 157 Å². The predicted molar refractivity (Wildman–Crippen MR) is 101 cm³/mol. The van der Waals surface area contributed by atoms with E-state index in [4.69, 9.17) is 14.2 Å². The molecule has 138 valence electrons. The number of hydrogen-bond acceptors (Lipinski definition) is 5. The van der Waals surface area contributed by atoms with Crippen LogP contribution in [0.1, 0.15) is 38.3 Å². The normalized spacial score (nSPS) is 20.5. The van der Waals surface area contributed by atoms with Crippen molar-refractivity contribution in [2.45, 2.75) is 51.4 Å². The van der Waals surface area contributed by atoms with E-state index in [0.29, 0.717) is 19.1 Å². The molecule has 1 spiro atoms. The molecule has 2 aliphatic rings. The summed E-state index contributed by atoms with van der Waals surface area (Å²) in [6.07, 6.45) is 5.53. The minimum atomic E-state index is -0.357. The van der Waals surface area contributed by atoms with Gasteiger partial charge in [-0.05, 0) is 48.7 Å². The summed E-state index contributed by atoms with van der Waals surface area (Å²) in [6.45, 7) is 6.35. The molecule has 0 bridgehead atoms. The van der Waals surface area contributed by atoms with Crippen LogP contribution in [0.25, 0.3) is 0 Å². The van der Waals surface area contributed by atoms with E-state index in [0.717, 1.165) is 48.1 Å². The fourth-order valence-corrected chi connectivity index (χ4v) is 3.50. The van der Waals surface area contributed by atoms with Crippen LogP contribution in [0.3, 0.4) is 0 Å². The van der Waals surface area contributed by atoms with Crippen molar-refractivity contribution < 1.29 is 14.2 Å². The summed E-state index contributed by atoms with van der Waals surface area (Å²) in [7, 11) is 1.99. The van der Waals surface area contributed by atoms with Crippen LogP contribution in [-0.4, -0.2) is 54.9 Å². The highest BCUT2D eigenvalue weighted by molar-refractivity contribution is 9.10. The average Bonchev–Trinajstić information content (AvgIpc) is 3.06. The molecule has 1 aliphatic heterocycles. The van der Waals surface area contributed by atoms with E-state index < -0.39 is 0 Å². The largest absolute Gasteiger partial charge is 0.474 e. The number of hydrogen-bond donors (Lipinski definition) is 0. The van der Waals surface area contributed by atoms with Crippen LogP contribution in [0.4, 0.5) is 5.69 Å². The summed E-state index contributed by atoms with van der Waals surface area (Å²) < 4.78 is 18.5. The molecule has 0 radical (unpaired) electrons. The van der Waals surface area contributed by atoms with Crippen LogP contribution in [0.15, 0.2) is 15.5 Å². The zero-order chi connectivity index (χ0) is 17.9. The van der Waals surface area contributed by atoms with Crippen LogP contribution in [0.2, 0.25) is 0 Å². The number of nitrogens with zero attached hydrogens (tertiary/aromatic N) is 3. The molecule has 3 rings (SSSR count). The zero-order valence-corrected chi connectivity index (χ0v) is 16.7. The standard InChI is InChI=1S/C18H26BrN3O3/c1-4-22(3)12-20-16-11-15(19)17(21-13(16)2)25-14-5-7-18(8-6-14)23-9-10-24-18/h11-12,14H,4-10H2,1-3H3/b20-12+. The lowest BCUT2D eigenvalue weighted by atomic mass is 9.92. The van der Waals surface area contributed by atoms with Gasteiger partial charge in [0, 0.05) is 26.4 Å². The van der Waals surface area contributed by atoms with Gasteiger partial charge in [0.15, 0.2) is 5.79 Å². The maximum absolute atomic E-state index is 6.14. The highest BCUT2D eigenvalue weighted by atomic mass is 79.9. The van der Waals surface area contributed by atoms with Gasteiger partial charge in [-0.1, -0.05) is 0 Å². The molecular weight excluding hydrogens is 386 g/mol. The molecule has 6 nitrogen and oxygen atoms in total. The van der Waals surface area contributed by atoms with Gasteiger partial charge in [0.05, 0.1) is 35.4 Å². The first-order chi connectivity index (χ1) is 12.0. The van der Waals surface area contributed by atoms with Gasteiger partial charge >= 0.3 is 0 Å². The number of rotatable bonds is 5. The fourth-order valence-electron chi connectivity index (χ4n) is 3.10. The van der Waals surface area contributed by atoms with Crippen molar-refractivity contribution in [2.75, 3.05) is 26.8 Å². The van der Waals surface area contributed by atoms with Gasteiger partial charge in [0.1, 0.15) is 6.10 Å². The minimum absolute atomic E-state index is 0.141. The topological polar surface area (TPSA) is 56.2 Å². The highest BCUT2D eigenvalue weighted by Gasteiger charge is 2.41. The number of aryl methyl sites for hydroxylation is 1. The third kappa shape index (κ3) is 4.51. The lowest BCUT2D eigenvalue weighted by Crippen LogP contribution is -2.38. The zero-order valence-electron chi connectivity index (χ0n) is 15.1. The van der Waals surface area contributed by atoms with E-state index in [2.05, 4.69) is 32.8 Å². The smallest absolute Gasteiger partial charge is 0.228 e. The molecule has 0 aromatic carbocycles. The van der Waals surface area contributed by atoms with Crippen molar-refractivity contribution >= 4 is 28.0 Å². The maximum atomic E-state index is 6.14. The summed E-state index contributed by atoms with van der Waals surface area (Å²) in [5, 5.41) is 0. The number of aromatic nitrogens is 1. The monoisotopic (exact) mass is 411 g/mol. The van der Waals surface area contributed by atoms with E-state index in [1.54, 1.807) is 0 Å². The average molecular weight is 412 g/mol. The molecule has 0 N–H and O–H groups in total. The Hall–Kier alpha value is -1.18. The molecule has 1 aromatic heterocycles. The number of ether oxygens (including phenoxy) is 3. The van der Waals surface area contributed by atoms with Gasteiger partial charge in [-0.3, -0.25) is 0 Å². The van der Waals surface area contributed by atoms with E-state index >= 15 is 0 Å². The van der Waals surface area contributed by atoms with Gasteiger partial charge in [0.25, 0.3) is 0 Å². The molecule has 1 aliphatic carbocycles. The highest BCUT2D eigenvalue weighted by Crippen LogP contribution is 2.38. The van der Waals surface area contributed by atoms with Crippen LogP contribution >= 0.6 is 15.9 Å². The van der Waals surface area contributed by atoms with Crippen LogP contribution in [-0.2, 0) is 9.47 Å². The van der Waals surface area contributed by atoms with Gasteiger partial charge in [-0.25, -0.2) is 9.98 Å². The lowest BCUT2D eigenvalue weighted by Gasteiger charge is -2.35. The van der Waals surface area contributed by atoms with Crippen molar-refractivity contribution in [3.8, 4) is 5.88 Å². The molecule has 0 amide bonds. The first-order valence-corrected chi connectivity index (χ1v) is 9.67. The first-order valence-electron chi connectivity index (χ1n) is 8.87. The Morgan fingerprint density at radius 2 is 2.08 bits per heavy atom. The molecule has 0 atom stereocenters. The summed E-state index contributed by atoms with van der Waals surface area (Å²) in [5.41, 5.74) is 1.70. The summed E-state index contributed by atoms with van der Waals surface area (Å²) in [4.78, 5) is 11.1. The second-order valence-electron chi connectivity index (χ2n) is 6.62. The maximum Gasteiger partial charge on any atom is 0.228 e. The van der Waals surface area contributed by atoms with Gasteiger partial charge in [-0.15, -0.1) is 0 Å². The molecular formula is C18H26BrN3O3. The van der Waals surface area contributed by atoms with Crippen molar-refractivity contribution in [1.29, 1.82) is 0 Å². The molecule has 25 heavy (non-hydrogen) atoms. The van der Waals surface area contributed by atoms with E-state index in [1.165, 1.54) is 0 Å². The molecule has 1 saturated heterocycles. The number of halogens is 1. The van der Waals surface area contributed by atoms with Crippen molar-refractivity contribution in [1.82, 2.24) is 9.88 Å². The fraction of sp³-hybridized carbons (Fsp3) is 0.667. The Balaban J connectivity index is 1.63. The van der Waals surface area contributed by atoms with E-state index in [-0.39, 0.29) is 11.9 Å².